The van der Waals surface area contributed by atoms with Crippen LogP contribution in [0.1, 0.15) is 28.7 Å². The van der Waals surface area contributed by atoms with Crippen LogP contribution < -0.4 is 14.8 Å². The Labute approximate surface area is 190 Å². The minimum Gasteiger partial charge on any atom is -0.496 e. The van der Waals surface area contributed by atoms with Crippen LogP contribution in [-0.2, 0) is 30.7 Å². The van der Waals surface area contributed by atoms with E-state index in [9.17, 15) is 4.79 Å². The molecule has 166 valence electrons. The average Bonchev–Trinajstić information content (AvgIpc) is 2.83. The first kappa shape index (κ1) is 21.9. The van der Waals surface area contributed by atoms with Crippen LogP contribution in [0.5, 0.6) is 11.5 Å². The summed E-state index contributed by atoms with van der Waals surface area (Å²) in [6.07, 6.45) is 2.07. The smallest absolute Gasteiger partial charge is 0.224 e. The highest BCUT2D eigenvalue weighted by atomic mass is 16.5. The molecule has 1 amide bonds. The molecule has 1 aliphatic heterocycles. The van der Waals surface area contributed by atoms with Gasteiger partial charge in [-0.1, -0.05) is 42.5 Å². The van der Waals surface area contributed by atoms with Crippen molar-refractivity contribution >= 4 is 11.6 Å². The van der Waals surface area contributed by atoms with Crippen molar-refractivity contribution in [2.24, 2.45) is 0 Å². The Morgan fingerprint density at radius 3 is 2.34 bits per heavy atom. The van der Waals surface area contributed by atoms with Crippen molar-refractivity contribution in [3.8, 4) is 11.5 Å². The van der Waals surface area contributed by atoms with Gasteiger partial charge in [0.15, 0.2) is 0 Å². The third-order valence-electron chi connectivity index (χ3n) is 5.98. The fraction of sp³-hybridized carbons (Fsp3) is 0.296. The minimum absolute atomic E-state index is 0.0116. The molecule has 0 bridgehead atoms. The minimum atomic E-state index is 0.0116. The summed E-state index contributed by atoms with van der Waals surface area (Å²) in [5.41, 5.74) is 5.72. The van der Waals surface area contributed by atoms with E-state index in [0.717, 1.165) is 48.8 Å². The molecular weight excluding hydrogens is 400 g/mol. The summed E-state index contributed by atoms with van der Waals surface area (Å²) in [4.78, 5) is 15.0. The van der Waals surface area contributed by atoms with Crippen LogP contribution in [0, 0.1) is 0 Å². The van der Waals surface area contributed by atoms with Gasteiger partial charge in [0, 0.05) is 37.3 Å². The standard InChI is InChI=1S/C27H30N2O3/c1-31-25-9-5-3-7-21(25)12-14-27(30)28-24-13-11-20-15-16-29(19-23(20)17-24)18-22-8-4-6-10-26(22)32-2/h3-11,13,17H,12,14-16,18-19H2,1-2H3,(H,28,30). The first-order valence-electron chi connectivity index (χ1n) is 11.0. The molecule has 3 aromatic rings. The Morgan fingerprint density at radius 1 is 0.906 bits per heavy atom. The van der Waals surface area contributed by atoms with Crippen molar-refractivity contribution in [2.75, 3.05) is 26.1 Å². The molecule has 0 radical (unpaired) electrons. The lowest BCUT2D eigenvalue weighted by Crippen LogP contribution is -2.30. The van der Waals surface area contributed by atoms with Crippen molar-refractivity contribution in [2.45, 2.75) is 32.4 Å². The number of rotatable bonds is 8. The number of amides is 1. The number of carbonyl (C=O) groups is 1. The summed E-state index contributed by atoms with van der Waals surface area (Å²) >= 11 is 0. The van der Waals surface area contributed by atoms with E-state index < -0.39 is 0 Å². The summed E-state index contributed by atoms with van der Waals surface area (Å²) in [5, 5.41) is 3.06. The summed E-state index contributed by atoms with van der Waals surface area (Å²) in [6.45, 7) is 2.72. The van der Waals surface area contributed by atoms with E-state index in [4.69, 9.17) is 9.47 Å². The van der Waals surface area contributed by atoms with Gasteiger partial charge in [-0.3, -0.25) is 9.69 Å². The summed E-state index contributed by atoms with van der Waals surface area (Å²) in [7, 11) is 3.37. The van der Waals surface area contributed by atoms with Gasteiger partial charge in [0.05, 0.1) is 14.2 Å². The summed E-state index contributed by atoms with van der Waals surface area (Å²) in [6, 6.07) is 22.3. The van der Waals surface area contributed by atoms with E-state index in [2.05, 4.69) is 34.5 Å². The van der Waals surface area contributed by atoms with E-state index >= 15 is 0 Å². The van der Waals surface area contributed by atoms with Crippen LogP contribution in [0.2, 0.25) is 0 Å². The second kappa shape index (κ2) is 10.3. The van der Waals surface area contributed by atoms with Crippen molar-refractivity contribution < 1.29 is 14.3 Å². The number of nitrogens with zero attached hydrogens (tertiary/aromatic N) is 1. The van der Waals surface area contributed by atoms with E-state index in [1.807, 2.05) is 42.5 Å². The Morgan fingerprint density at radius 2 is 1.59 bits per heavy atom. The number of methoxy groups -OCH3 is 2. The van der Waals surface area contributed by atoms with Crippen molar-refractivity contribution in [3.05, 3.63) is 89.0 Å². The van der Waals surface area contributed by atoms with Gasteiger partial charge in [-0.2, -0.15) is 0 Å². The number of carbonyl (C=O) groups excluding carboxylic acids is 1. The van der Waals surface area contributed by atoms with Gasteiger partial charge in [-0.15, -0.1) is 0 Å². The van der Waals surface area contributed by atoms with Gasteiger partial charge in [-0.05, 0) is 53.8 Å². The molecule has 0 atom stereocenters. The lowest BCUT2D eigenvalue weighted by molar-refractivity contribution is -0.116. The number of hydrogen-bond acceptors (Lipinski definition) is 4. The lowest BCUT2D eigenvalue weighted by atomic mass is 9.98. The number of aryl methyl sites for hydroxylation is 1. The molecule has 32 heavy (non-hydrogen) atoms. The van der Waals surface area contributed by atoms with Crippen LogP contribution in [-0.4, -0.2) is 31.6 Å². The number of benzene rings is 3. The highest BCUT2D eigenvalue weighted by molar-refractivity contribution is 5.91. The third kappa shape index (κ3) is 5.29. The Hall–Kier alpha value is -3.31. The number of hydrogen-bond donors (Lipinski definition) is 1. The number of nitrogens with one attached hydrogen (secondary N) is 1. The zero-order valence-electron chi connectivity index (χ0n) is 18.8. The molecule has 0 fully saturated rings. The fourth-order valence-electron chi connectivity index (χ4n) is 4.28. The predicted molar refractivity (Wildman–Crippen MR) is 127 cm³/mol. The second-order valence-corrected chi connectivity index (χ2v) is 8.12. The molecule has 1 heterocycles. The molecule has 4 rings (SSSR count). The maximum Gasteiger partial charge on any atom is 0.224 e. The molecule has 3 aromatic carbocycles. The van der Waals surface area contributed by atoms with Crippen LogP contribution in [0.4, 0.5) is 5.69 Å². The van der Waals surface area contributed by atoms with Crippen LogP contribution in [0.3, 0.4) is 0 Å². The van der Waals surface area contributed by atoms with E-state index in [-0.39, 0.29) is 5.91 Å². The van der Waals surface area contributed by atoms with E-state index in [0.29, 0.717) is 12.8 Å². The highest BCUT2D eigenvalue weighted by Gasteiger charge is 2.18. The van der Waals surface area contributed by atoms with Crippen LogP contribution >= 0.6 is 0 Å². The second-order valence-electron chi connectivity index (χ2n) is 8.12. The molecule has 5 nitrogen and oxygen atoms in total. The maximum atomic E-state index is 12.6. The largest absolute Gasteiger partial charge is 0.496 e. The molecule has 0 saturated carbocycles. The highest BCUT2D eigenvalue weighted by Crippen LogP contribution is 2.26. The molecule has 1 N–H and O–H groups in total. The normalized spacial score (nSPS) is 13.3. The Kier molecular flexibility index (Phi) is 7.07. The average molecular weight is 431 g/mol. The molecular formula is C27H30N2O3. The Bertz CT molecular complexity index is 1080. The molecule has 0 aliphatic carbocycles. The van der Waals surface area contributed by atoms with E-state index in [1.165, 1.54) is 16.7 Å². The van der Waals surface area contributed by atoms with Gasteiger partial charge in [0.25, 0.3) is 0 Å². The van der Waals surface area contributed by atoms with Crippen LogP contribution in [0.25, 0.3) is 0 Å². The molecule has 1 aliphatic rings. The number of para-hydroxylation sites is 2. The monoisotopic (exact) mass is 430 g/mol. The predicted octanol–water partition coefficient (Wildman–Crippen LogP) is 4.83. The summed E-state index contributed by atoms with van der Waals surface area (Å²) < 4.78 is 10.9. The fourth-order valence-corrected chi connectivity index (χ4v) is 4.28. The van der Waals surface area contributed by atoms with Crippen molar-refractivity contribution in [3.63, 3.8) is 0 Å². The van der Waals surface area contributed by atoms with E-state index in [1.54, 1.807) is 14.2 Å². The number of anilines is 1. The van der Waals surface area contributed by atoms with Gasteiger partial charge in [0.2, 0.25) is 5.91 Å². The zero-order chi connectivity index (χ0) is 22.3. The quantitative estimate of drug-likeness (QED) is 0.556. The molecule has 5 heteroatoms. The first-order chi connectivity index (χ1) is 15.7. The maximum absolute atomic E-state index is 12.6. The topological polar surface area (TPSA) is 50.8 Å². The van der Waals surface area contributed by atoms with Gasteiger partial charge in [-0.25, -0.2) is 0 Å². The molecule has 0 aromatic heterocycles. The molecule has 0 unspecified atom stereocenters. The number of ether oxygens (including phenoxy) is 2. The van der Waals surface area contributed by atoms with Gasteiger partial charge >= 0.3 is 0 Å². The SMILES string of the molecule is COc1ccccc1CCC(=O)Nc1ccc2c(c1)CN(Cc1ccccc1OC)CC2. The lowest BCUT2D eigenvalue weighted by Gasteiger charge is -2.29. The third-order valence-corrected chi connectivity index (χ3v) is 5.98. The van der Waals surface area contributed by atoms with Crippen LogP contribution in [0.15, 0.2) is 66.7 Å². The Balaban J connectivity index is 1.37. The van der Waals surface area contributed by atoms with Crippen molar-refractivity contribution in [1.29, 1.82) is 0 Å². The molecule has 0 saturated heterocycles. The zero-order valence-corrected chi connectivity index (χ0v) is 18.8. The van der Waals surface area contributed by atoms with Crippen molar-refractivity contribution in [1.82, 2.24) is 4.90 Å². The van der Waals surface area contributed by atoms with Gasteiger partial charge in [0.1, 0.15) is 11.5 Å². The van der Waals surface area contributed by atoms with Gasteiger partial charge < -0.3 is 14.8 Å². The first-order valence-corrected chi connectivity index (χ1v) is 11.0. The molecule has 0 spiro atoms. The number of fused-ring (bicyclic) bond motifs is 1. The summed E-state index contributed by atoms with van der Waals surface area (Å²) in [5.74, 6) is 1.76.